The molecule has 0 saturated carbocycles. The molecule has 8 nitrogen and oxygen atoms in total. The van der Waals surface area contributed by atoms with Gasteiger partial charge in [0.15, 0.2) is 10.9 Å². The zero-order chi connectivity index (χ0) is 22.0. The maximum atomic E-state index is 14.4. The van der Waals surface area contributed by atoms with Gasteiger partial charge in [0.2, 0.25) is 5.95 Å². The van der Waals surface area contributed by atoms with E-state index in [9.17, 15) is 4.39 Å². The predicted octanol–water partition coefficient (Wildman–Crippen LogP) is 3.76. The minimum Gasteiger partial charge on any atom is -0.370 e. The first kappa shape index (κ1) is 21.4. The Labute approximate surface area is 185 Å². The van der Waals surface area contributed by atoms with E-state index in [1.54, 1.807) is 7.05 Å². The van der Waals surface area contributed by atoms with Gasteiger partial charge in [0, 0.05) is 26.2 Å². The Morgan fingerprint density at radius 1 is 1.13 bits per heavy atom. The Hall–Kier alpha value is -2.85. The highest BCUT2D eigenvalue weighted by Crippen LogP contribution is 2.33. The first-order valence-corrected chi connectivity index (χ1v) is 11.1. The van der Waals surface area contributed by atoms with Gasteiger partial charge in [-0.25, -0.2) is 24.3 Å². The van der Waals surface area contributed by atoms with Crippen LogP contribution >= 0.6 is 11.3 Å². The maximum absolute atomic E-state index is 14.4. The van der Waals surface area contributed by atoms with Crippen LogP contribution in [0.2, 0.25) is 0 Å². The van der Waals surface area contributed by atoms with Crippen LogP contribution in [-0.2, 0) is 0 Å². The summed E-state index contributed by atoms with van der Waals surface area (Å²) in [5.41, 5.74) is 2.05. The first-order valence-electron chi connectivity index (χ1n) is 10.3. The van der Waals surface area contributed by atoms with Gasteiger partial charge in [-0.1, -0.05) is 11.3 Å². The average Bonchev–Trinajstić information content (AvgIpc) is 3.16. The topological polar surface area (TPSA) is 82.1 Å². The van der Waals surface area contributed by atoms with Crippen molar-refractivity contribution in [1.82, 2.24) is 24.8 Å². The largest absolute Gasteiger partial charge is 0.370 e. The fourth-order valence-corrected chi connectivity index (χ4v) is 4.62. The molecule has 0 unspecified atom stereocenters. The molecule has 3 aromatic rings. The summed E-state index contributed by atoms with van der Waals surface area (Å²) < 4.78 is 14.4. The van der Waals surface area contributed by atoms with Gasteiger partial charge in [-0.05, 0) is 46.0 Å². The Morgan fingerprint density at radius 3 is 2.52 bits per heavy atom. The van der Waals surface area contributed by atoms with E-state index in [1.807, 2.05) is 25.3 Å². The Bertz CT molecular complexity index is 1030. The van der Waals surface area contributed by atoms with E-state index in [2.05, 4.69) is 54.5 Å². The van der Waals surface area contributed by atoms with Crippen molar-refractivity contribution in [3.8, 4) is 10.6 Å². The van der Waals surface area contributed by atoms with E-state index in [4.69, 9.17) is 0 Å². The quantitative estimate of drug-likeness (QED) is 0.597. The molecule has 0 amide bonds. The number of aryl methyl sites for hydroxylation is 1. The molecule has 0 aliphatic carbocycles. The molecule has 4 heterocycles. The van der Waals surface area contributed by atoms with Gasteiger partial charge in [0.05, 0.1) is 28.7 Å². The van der Waals surface area contributed by atoms with Gasteiger partial charge >= 0.3 is 0 Å². The summed E-state index contributed by atoms with van der Waals surface area (Å²) in [5, 5.41) is 6.77. The molecule has 0 radical (unpaired) electrons. The average molecular weight is 443 g/mol. The summed E-state index contributed by atoms with van der Waals surface area (Å²) in [6, 6.07) is 4.58. The summed E-state index contributed by atoms with van der Waals surface area (Å²) in [5.74, 6) is 0.424. The predicted molar refractivity (Wildman–Crippen MR) is 124 cm³/mol. The summed E-state index contributed by atoms with van der Waals surface area (Å²) in [6.45, 7) is 3.87. The van der Waals surface area contributed by atoms with Crippen molar-refractivity contribution in [1.29, 1.82) is 0 Å². The van der Waals surface area contributed by atoms with Gasteiger partial charge < -0.3 is 20.4 Å². The van der Waals surface area contributed by atoms with Crippen LogP contribution in [0.1, 0.15) is 18.5 Å². The molecule has 164 valence electrons. The lowest BCUT2D eigenvalue weighted by Crippen LogP contribution is -2.42. The molecule has 31 heavy (non-hydrogen) atoms. The molecule has 3 aromatic heterocycles. The van der Waals surface area contributed by atoms with E-state index >= 15 is 0 Å². The van der Waals surface area contributed by atoms with Crippen LogP contribution < -0.4 is 15.5 Å². The van der Waals surface area contributed by atoms with Crippen LogP contribution in [0.25, 0.3) is 10.6 Å². The van der Waals surface area contributed by atoms with E-state index in [0.717, 1.165) is 37.3 Å². The number of thiazole rings is 1. The third-order valence-electron chi connectivity index (χ3n) is 5.52. The zero-order valence-corrected chi connectivity index (χ0v) is 19.0. The minimum absolute atomic E-state index is 0.231. The number of nitrogens with one attached hydrogen (secondary N) is 2. The number of hydrogen-bond acceptors (Lipinski definition) is 9. The summed E-state index contributed by atoms with van der Waals surface area (Å²) >= 11 is 1.36. The molecule has 10 heteroatoms. The third kappa shape index (κ3) is 4.75. The van der Waals surface area contributed by atoms with Crippen LogP contribution in [0.3, 0.4) is 0 Å². The van der Waals surface area contributed by atoms with Crippen LogP contribution in [-0.4, -0.2) is 65.1 Å². The zero-order valence-electron chi connectivity index (χ0n) is 18.2. The molecule has 0 aromatic carbocycles. The monoisotopic (exact) mass is 442 g/mol. The fourth-order valence-electron chi connectivity index (χ4n) is 3.71. The number of anilines is 4. The Balaban J connectivity index is 1.47. The Morgan fingerprint density at radius 2 is 1.90 bits per heavy atom. The molecule has 1 saturated heterocycles. The summed E-state index contributed by atoms with van der Waals surface area (Å²) in [4.78, 5) is 22.7. The SMILES string of the molecule is CNc1nc(C)c(-c2nc(Nc3ccc(N4CCC(N(C)C)CC4)cn3)ncc2F)s1. The fraction of sp³-hybridized carbons (Fsp3) is 0.429. The number of nitrogens with zero attached hydrogens (tertiary/aromatic N) is 6. The lowest BCUT2D eigenvalue weighted by atomic mass is 10.0. The number of halogens is 1. The highest BCUT2D eigenvalue weighted by atomic mass is 32.1. The number of aromatic nitrogens is 4. The number of rotatable bonds is 6. The van der Waals surface area contributed by atoms with Gasteiger partial charge in [0.25, 0.3) is 0 Å². The van der Waals surface area contributed by atoms with Crippen LogP contribution in [0.5, 0.6) is 0 Å². The van der Waals surface area contributed by atoms with Gasteiger partial charge in [-0.2, -0.15) is 0 Å². The molecule has 1 fully saturated rings. The van der Waals surface area contributed by atoms with E-state index in [1.165, 1.54) is 17.5 Å². The van der Waals surface area contributed by atoms with Crippen LogP contribution in [0, 0.1) is 12.7 Å². The second-order valence-electron chi connectivity index (χ2n) is 7.78. The maximum Gasteiger partial charge on any atom is 0.229 e. The van der Waals surface area contributed by atoms with Crippen molar-refractivity contribution in [2.24, 2.45) is 0 Å². The molecule has 1 aliphatic heterocycles. The van der Waals surface area contributed by atoms with Crippen LogP contribution in [0.4, 0.5) is 27.0 Å². The van der Waals surface area contributed by atoms with Crippen molar-refractivity contribution < 1.29 is 4.39 Å². The number of hydrogen-bond donors (Lipinski definition) is 2. The first-order chi connectivity index (χ1) is 14.9. The molecule has 1 aliphatic rings. The normalized spacial score (nSPS) is 14.8. The molecule has 4 rings (SSSR count). The second-order valence-corrected chi connectivity index (χ2v) is 8.78. The standard InChI is InChI=1S/C21H27FN8S/c1-13-19(31-21(23-2)26-13)18-16(22)12-25-20(28-18)27-17-6-5-15(11-24-17)30-9-7-14(8-10-30)29(3)4/h5-6,11-12,14H,7-10H2,1-4H3,(H,23,26)(H,24,25,27,28). The van der Waals surface area contributed by atoms with Crippen molar-refractivity contribution in [3.05, 3.63) is 36.0 Å². The molecule has 2 N–H and O–H groups in total. The van der Waals surface area contributed by atoms with Gasteiger partial charge in [-0.15, -0.1) is 0 Å². The van der Waals surface area contributed by atoms with Crippen molar-refractivity contribution >= 4 is 33.9 Å². The second kappa shape index (κ2) is 9.11. The van der Waals surface area contributed by atoms with Crippen molar-refractivity contribution in [2.45, 2.75) is 25.8 Å². The Kier molecular flexibility index (Phi) is 6.28. The lowest BCUT2D eigenvalue weighted by molar-refractivity contribution is 0.249. The molecule has 0 bridgehead atoms. The third-order valence-corrected chi connectivity index (χ3v) is 6.70. The van der Waals surface area contributed by atoms with Gasteiger partial charge in [-0.3, -0.25) is 0 Å². The minimum atomic E-state index is -0.482. The smallest absolute Gasteiger partial charge is 0.229 e. The van der Waals surface area contributed by atoms with E-state index < -0.39 is 5.82 Å². The van der Waals surface area contributed by atoms with Crippen molar-refractivity contribution in [3.63, 3.8) is 0 Å². The van der Waals surface area contributed by atoms with E-state index in [-0.39, 0.29) is 5.69 Å². The summed E-state index contributed by atoms with van der Waals surface area (Å²) in [6.07, 6.45) is 5.32. The highest BCUT2D eigenvalue weighted by molar-refractivity contribution is 7.19. The molecule has 0 atom stereocenters. The molecular weight excluding hydrogens is 415 g/mol. The number of piperidine rings is 1. The molecular formula is C21H27FN8S. The molecule has 0 spiro atoms. The summed E-state index contributed by atoms with van der Waals surface area (Å²) in [7, 11) is 6.06. The van der Waals surface area contributed by atoms with E-state index in [0.29, 0.717) is 27.8 Å². The van der Waals surface area contributed by atoms with Gasteiger partial charge in [0.1, 0.15) is 11.5 Å². The highest BCUT2D eigenvalue weighted by Gasteiger charge is 2.21. The van der Waals surface area contributed by atoms with Crippen LogP contribution in [0.15, 0.2) is 24.5 Å². The lowest BCUT2D eigenvalue weighted by Gasteiger charge is -2.36. The number of pyridine rings is 1. The van der Waals surface area contributed by atoms with Crippen molar-refractivity contribution in [2.75, 3.05) is 49.8 Å².